The molecule has 2 saturated heterocycles. The molecule has 1 aromatic carbocycles. The average Bonchev–Trinajstić information content (AvgIpc) is 3.37. The topological polar surface area (TPSA) is 63.1 Å². The minimum absolute atomic E-state index is 0.0722. The molecule has 1 N–H and O–H groups in total. The second-order valence-corrected chi connectivity index (χ2v) is 12.3. The third kappa shape index (κ3) is 5.80. The van der Waals surface area contributed by atoms with Gasteiger partial charge in [-0.15, -0.1) is 10.2 Å². The molecule has 208 valence electrons. The first-order chi connectivity index (χ1) is 18.1. The highest BCUT2D eigenvalue weighted by molar-refractivity contribution is 5.79. The van der Waals surface area contributed by atoms with Gasteiger partial charge in [0, 0.05) is 49.3 Å². The summed E-state index contributed by atoms with van der Waals surface area (Å²) in [7, 11) is 0. The minimum atomic E-state index is -2.63. The number of hydrogen-bond acceptors (Lipinski definition) is 4. The Bertz CT molecular complexity index is 1090. The van der Waals surface area contributed by atoms with E-state index in [-0.39, 0.29) is 43.6 Å². The number of benzene rings is 1. The fraction of sp³-hybridized carbons (Fsp3) is 0.700. The van der Waals surface area contributed by atoms with E-state index in [2.05, 4.69) is 76.9 Å². The molecule has 3 heterocycles. The van der Waals surface area contributed by atoms with Gasteiger partial charge in [-0.25, -0.2) is 8.78 Å². The van der Waals surface area contributed by atoms with Crippen molar-refractivity contribution < 1.29 is 13.6 Å². The Morgan fingerprint density at radius 2 is 1.63 bits per heavy atom. The van der Waals surface area contributed by atoms with E-state index in [1.165, 1.54) is 18.4 Å². The van der Waals surface area contributed by atoms with Crippen molar-refractivity contribution in [3.63, 3.8) is 0 Å². The van der Waals surface area contributed by atoms with Crippen molar-refractivity contribution in [2.45, 2.75) is 121 Å². The maximum Gasteiger partial charge on any atom is 0.248 e. The number of alkyl halides is 2. The van der Waals surface area contributed by atoms with Gasteiger partial charge in [-0.1, -0.05) is 43.7 Å². The predicted molar refractivity (Wildman–Crippen MR) is 144 cm³/mol. The molecule has 5 rings (SSSR count). The zero-order valence-electron chi connectivity index (χ0n) is 23.3. The van der Waals surface area contributed by atoms with E-state index in [9.17, 15) is 13.6 Å². The molecule has 38 heavy (non-hydrogen) atoms. The largest absolute Gasteiger partial charge is 0.349 e. The van der Waals surface area contributed by atoms with Crippen molar-refractivity contribution in [3.05, 3.63) is 47.0 Å². The molecule has 8 heteroatoms. The molecule has 1 aromatic heterocycles. The minimum Gasteiger partial charge on any atom is -0.349 e. The summed E-state index contributed by atoms with van der Waals surface area (Å²) < 4.78 is 29.7. The maximum absolute atomic E-state index is 13.7. The Morgan fingerprint density at radius 3 is 2.24 bits per heavy atom. The van der Waals surface area contributed by atoms with Gasteiger partial charge >= 0.3 is 0 Å². The fourth-order valence-corrected chi connectivity index (χ4v) is 7.04. The first-order valence-electron chi connectivity index (χ1n) is 14.5. The average molecular weight is 528 g/mol. The number of halogens is 2. The van der Waals surface area contributed by atoms with Crippen LogP contribution < -0.4 is 5.32 Å². The van der Waals surface area contributed by atoms with Crippen LogP contribution >= 0.6 is 0 Å². The predicted octanol–water partition coefficient (Wildman–Crippen LogP) is 6.26. The smallest absolute Gasteiger partial charge is 0.248 e. The summed E-state index contributed by atoms with van der Waals surface area (Å²) in [5.74, 6) is -0.577. The van der Waals surface area contributed by atoms with Gasteiger partial charge in [0.25, 0.3) is 0 Å². The Morgan fingerprint density at radius 1 is 1.00 bits per heavy atom. The van der Waals surface area contributed by atoms with Gasteiger partial charge < -0.3 is 9.88 Å². The number of carbonyl (C=O) groups is 1. The van der Waals surface area contributed by atoms with E-state index in [1.54, 1.807) is 0 Å². The lowest BCUT2D eigenvalue weighted by Crippen LogP contribution is -2.45. The van der Waals surface area contributed by atoms with Crippen molar-refractivity contribution in [1.82, 2.24) is 25.0 Å². The van der Waals surface area contributed by atoms with Crippen LogP contribution in [0.25, 0.3) is 0 Å². The van der Waals surface area contributed by atoms with E-state index in [1.807, 2.05) is 0 Å². The van der Waals surface area contributed by atoms with Crippen LogP contribution in [0.2, 0.25) is 0 Å². The highest BCUT2D eigenvalue weighted by Crippen LogP contribution is 2.42. The first kappa shape index (κ1) is 27.2. The molecule has 0 spiro atoms. The maximum atomic E-state index is 13.7. The van der Waals surface area contributed by atoms with Crippen molar-refractivity contribution in [2.75, 3.05) is 6.54 Å². The molecule has 1 saturated carbocycles. The van der Waals surface area contributed by atoms with E-state index in [0.29, 0.717) is 24.0 Å². The van der Waals surface area contributed by atoms with Gasteiger partial charge in [0.2, 0.25) is 11.8 Å². The van der Waals surface area contributed by atoms with Gasteiger partial charge in [-0.05, 0) is 64.4 Å². The van der Waals surface area contributed by atoms with Crippen LogP contribution in [0.4, 0.5) is 8.78 Å². The summed E-state index contributed by atoms with van der Waals surface area (Å²) in [5.41, 5.74) is 2.27. The summed E-state index contributed by atoms with van der Waals surface area (Å²) in [5, 5.41) is 12.1. The van der Waals surface area contributed by atoms with Crippen molar-refractivity contribution in [2.24, 2.45) is 5.92 Å². The standard InChI is InChI=1S/C30H43F2N5O/c1-19(2)28-35-34-21(4)37(28)26-17-24-9-10-25(18-26)36(24)16-13-27(22-7-5-20(3)6-8-22)33-29(38)23-11-14-30(31,32)15-12-23/h5-8,19,23-27H,9-18H2,1-4H3,(H,33,38)/t24?,25?,26?,27-/m0/s1. The molecule has 2 aliphatic heterocycles. The Balaban J connectivity index is 1.25. The van der Waals surface area contributed by atoms with Gasteiger partial charge in [0.05, 0.1) is 6.04 Å². The van der Waals surface area contributed by atoms with Crippen molar-refractivity contribution in [1.29, 1.82) is 0 Å². The van der Waals surface area contributed by atoms with Crippen molar-refractivity contribution >= 4 is 5.91 Å². The van der Waals surface area contributed by atoms with Gasteiger partial charge in [-0.3, -0.25) is 9.69 Å². The monoisotopic (exact) mass is 527 g/mol. The second kappa shape index (κ2) is 11.0. The normalized spacial score (nSPS) is 26.6. The summed E-state index contributed by atoms with van der Waals surface area (Å²) in [6.07, 6.45) is 5.58. The lowest BCUT2D eigenvalue weighted by Gasteiger charge is -2.40. The third-order valence-electron chi connectivity index (χ3n) is 9.19. The summed E-state index contributed by atoms with van der Waals surface area (Å²) >= 11 is 0. The number of nitrogens with zero attached hydrogens (tertiary/aromatic N) is 4. The number of hydrogen-bond donors (Lipinski definition) is 1. The van der Waals surface area contributed by atoms with E-state index < -0.39 is 5.92 Å². The van der Waals surface area contributed by atoms with E-state index in [0.717, 1.165) is 43.0 Å². The van der Waals surface area contributed by atoms with Crippen LogP contribution in [-0.4, -0.2) is 50.1 Å². The molecule has 2 unspecified atom stereocenters. The zero-order chi connectivity index (χ0) is 27.0. The lowest BCUT2D eigenvalue weighted by molar-refractivity contribution is -0.130. The number of aromatic nitrogens is 3. The summed E-state index contributed by atoms with van der Waals surface area (Å²) in [4.78, 5) is 15.8. The molecule has 3 atom stereocenters. The third-order valence-corrected chi connectivity index (χ3v) is 9.19. The quantitative estimate of drug-likeness (QED) is 0.440. The number of fused-ring (bicyclic) bond motifs is 2. The first-order valence-corrected chi connectivity index (χ1v) is 14.5. The number of rotatable bonds is 8. The van der Waals surface area contributed by atoms with Crippen LogP contribution in [0.1, 0.15) is 112 Å². The number of aryl methyl sites for hydroxylation is 2. The lowest BCUT2D eigenvalue weighted by atomic mass is 9.86. The molecule has 2 bridgehead atoms. The van der Waals surface area contributed by atoms with Crippen molar-refractivity contribution in [3.8, 4) is 0 Å². The number of nitrogens with one attached hydrogen (secondary N) is 1. The van der Waals surface area contributed by atoms with Crippen LogP contribution in [-0.2, 0) is 4.79 Å². The second-order valence-electron chi connectivity index (χ2n) is 12.3. The molecule has 1 amide bonds. The SMILES string of the molecule is Cc1ccc([C@H](CCN2C3CCC2CC(n2c(C)nnc2C(C)C)C3)NC(=O)C2CCC(F)(F)CC2)cc1. The van der Waals surface area contributed by atoms with Crippen LogP contribution in [0.5, 0.6) is 0 Å². The van der Waals surface area contributed by atoms with Gasteiger partial charge in [-0.2, -0.15) is 0 Å². The number of carbonyl (C=O) groups excluding carboxylic acids is 1. The van der Waals surface area contributed by atoms with Crippen LogP contribution in [0.3, 0.4) is 0 Å². The molecular weight excluding hydrogens is 484 g/mol. The van der Waals surface area contributed by atoms with E-state index >= 15 is 0 Å². The Hall–Kier alpha value is -2.35. The number of amides is 1. The van der Waals surface area contributed by atoms with Gasteiger partial charge in [0.15, 0.2) is 0 Å². The van der Waals surface area contributed by atoms with Crippen LogP contribution in [0.15, 0.2) is 24.3 Å². The highest BCUT2D eigenvalue weighted by atomic mass is 19.3. The zero-order valence-corrected chi connectivity index (χ0v) is 23.3. The molecule has 3 aliphatic rings. The molecule has 6 nitrogen and oxygen atoms in total. The fourth-order valence-electron chi connectivity index (χ4n) is 7.04. The summed E-state index contributed by atoms with van der Waals surface area (Å²) in [6, 6.07) is 9.73. The van der Waals surface area contributed by atoms with Gasteiger partial charge in [0.1, 0.15) is 11.6 Å². The molecular formula is C30H43F2N5O. The summed E-state index contributed by atoms with van der Waals surface area (Å²) in [6.45, 7) is 9.41. The number of piperidine rings is 1. The molecule has 2 aromatic rings. The molecule has 3 fully saturated rings. The highest BCUT2D eigenvalue weighted by Gasteiger charge is 2.42. The molecule has 0 radical (unpaired) electrons. The Kier molecular flexibility index (Phi) is 7.90. The Labute approximate surface area is 225 Å². The van der Waals surface area contributed by atoms with Crippen LogP contribution in [0, 0.1) is 19.8 Å². The molecule has 1 aliphatic carbocycles. The van der Waals surface area contributed by atoms with E-state index in [4.69, 9.17) is 0 Å².